The lowest BCUT2D eigenvalue weighted by Gasteiger charge is -2.13. The first-order valence-electron chi connectivity index (χ1n) is 7.29. The molecule has 0 saturated carbocycles. The Balaban J connectivity index is 1.86. The van der Waals surface area contributed by atoms with Crippen LogP contribution in [0, 0.1) is 6.92 Å². The van der Waals surface area contributed by atoms with E-state index in [1.165, 1.54) is 0 Å². The summed E-state index contributed by atoms with van der Waals surface area (Å²) in [4.78, 5) is 12.0. The van der Waals surface area contributed by atoms with Gasteiger partial charge in [0.25, 0.3) is 5.91 Å². The van der Waals surface area contributed by atoms with Crippen molar-refractivity contribution in [3.05, 3.63) is 59.7 Å². The second-order valence-corrected chi connectivity index (χ2v) is 5.08. The summed E-state index contributed by atoms with van der Waals surface area (Å²) in [6.45, 7) is 3.65. The number of ether oxygens (including phenoxy) is 2. The molecule has 2 aromatic rings. The van der Waals surface area contributed by atoms with Gasteiger partial charge in [-0.3, -0.25) is 4.79 Å². The monoisotopic (exact) mass is 312 g/mol. The van der Waals surface area contributed by atoms with Crippen LogP contribution in [0.3, 0.4) is 0 Å². The smallest absolute Gasteiger partial charge is 0.280 e. The van der Waals surface area contributed by atoms with Crippen LogP contribution in [0.4, 0.5) is 0 Å². The quantitative estimate of drug-likeness (QED) is 0.659. The lowest BCUT2D eigenvalue weighted by atomic mass is 10.2. The van der Waals surface area contributed by atoms with E-state index in [0.717, 1.165) is 16.9 Å². The summed E-state index contributed by atoms with van der Waals surface area (Å²) in [5.41, 5.74) is 4.40. The summed E-state index contributed by atoms with van der Waals surface area (Å²) in [5, 5.41) is 3.93. The van der Waals surface area contributed by atoms with Crippen LogP contribution in [-0.4, -0.2) is 25.3 Å². The third-order valence-electron chi connectivity index (χ3n) is 3.18. The van der Waals surface area contributed by atoms with Gasteiger partial charge in [0.2, 0.25) is 0 Å². The number of hydrogen-bond acceptors (Lipinski definition) is 4. The van der Waals surface area contributed by atoms with Crippen molar-refractivity contribution in [1.29, 1.82) is 0 Å². The molecule has 0 aromatic heterocycles. The molecular weight excluding hydrogens is 292 g/mol. The lowest BCUT2D eigenvalue weighted by Crippen LogP contribution is -2.33. The van der Waals surface area contributed by atoms with Crippen LogP contribution in [0.2, 0.25) is 0 Å². The van der Waals surface area contributed by atoms with E-state index in [4.69, 9.17) is 9.47 Å². The van der Waals surface area contributed by atoms with E-state index in [-0.39, 0.29) is 5.91 Å². The van der Waals surface area contributed by atoms with Crippen molar-refractivity contribution in [1.82, 2.24) is 5.43 Å². The second kappa shape index (κ2) is 7.98. The number of nitrogens with one attached hydrogen (secondary N) is 1. The summed E-state index contributed by atoms with van der Waals surface area (Å²) in [5.74, 6) is 1.12. The van der Waals surface area contributed by atoms with E-state index >= 15 is 0 Å². The minimum absolute atomic E-state index is 0.309. The Labute approximate surface area is 135 Å². The summed E-state index contributed by atoms with van der Waals surface area (Å²) in [6, 6.07) is 14.9. The number of rotatable bonds is 6. The Morgan fingerprint density at radius 1 is 1.17 bits per heavy atom. The molecule has 1 N–H and O–H groups in total. The van der Waals surface area contributed by atoms with Gasteiger partial charge in [0.1, 0.15) is 11.5 Å². The average Bonchev–Trinajstić information content (AvgIpc) is 2.55. The Morgan fingerprint density at radius 3 is 2.57 bits per heavy atom. The molecule has 2 aromatic carbocycles. The van der Waals surface area contributed by atoms with Gasteiger partial charge in [-0.05, 0) is 61.4 Å². The van der Waals surface area contributed by atoms with E-state index in [2.05, 4.69) is 10.5 Å². The van der Waals surface area contributed by atoms with E-state index in [9.17, 15) is 4.79 Å². The van der Waals surface area contributed by atoms with Crippen molar-refractivity contribution in [2.45, 2.75) is 20.0 Å². The number of hydrogen-bond donors (Lipinski definition) is 1. The van der Waals surface area contributed by atoms with Crippen molar-refractivity contribution in [3.8, 4) is 11.5 Å². The molecule has 0 aliphatic carbocycles. The van der Waals surface area contributed by atoms with Crippen molar-refractivity contribution in [2.75, 3.05) is 7.11 Å². The van der Waals surface area contributed by atoms with Crippen LogP contribution < -0.4 is 14.9 Å². The molecule has 1 atom stereocenters. The zero-order chi connectivity index (χ0) is 16.7. The fourth-order valence-corrected chi connectivity index (χ4v) is 1.90. The fraction of sp³-hybridized carbons (Fsp3) is 0.222. The summed E-state index contributed by atoms with van der Waals surface area (Å²) < 4.78 is 10.7. The molecule has 0 aliphatic rings. The third kappa shape index (κ3) is 5.14. The number of carbonyl (C=O) groups excluding carboxylic acids is 1. The average molecular weight is 312 g/mol. The minimum atomic E-state index is -0.634. The van der Waals surface area contributed by atoms with Crippen molar-refractivity contribution in [3.63, 3.8) is 0 Å². The molecule has 5 heteroatoms. The van der Waals surface area contributed by atoms with Crippen LogP contribution in [0.25, 0.3) is 0 Å². The first-order chi connectivity index (χ1) is 11.1. The molecule has 23 heavy (non-hydrogen) atoms. The Morgan fingerprint density at radius 2 is 1.91 bits per heavy atom. The van der Waals surface area contributed by atoms with E-state index < -0.39 is 6.10 Å². The highest BCUT2D eigenvalue weighted by Gasteiger charge is 2.13. The van der Waals surface area contributed by atoms with Gasteiger partial charge in [0.15, 0.2) is 6.10 Å². The predicted molar refractivity (Wildman–Crippen MR) is 90.0 cm³/mol. The molecule has 0 aliphatic heterocycles. The largest absolute Gasteiger partial charge is 0.497 e. The first kappa shape index (κ1) is 16.5. The van der Waals surface area contributed by atoms with Gasteiger partial charge >= 0.3 is 0 Å². The molecule has 0 heterocycles. The molecule has 5 nitrogen and oxygen atoms in total. The van der Waals surface area contributed by atoms with Crippen LogP contribution >= 0.6 is 0 Å². The Kier molecular flexibility index (Phi) is 5.74. The Hall–Kier alpha value is -2.82. The number of nitrogens with zero attached hydrogens (tertiary/aromatic N) is 1. The number of benzene rings is 2. The van der Waals surface area contributed by atoms with Gasteiger partial charge in [-0.25, -0.2) is 5.43 Å². The number of carbonyl (C=O) groups is 1. The normalized spacial score (nSPS) is 12.0. The number of amides is 1. The van der Waals surface area contributed by atoms with E-state index in [1.807, 2.05) is 55.5 Å². The fourth-order valence-electron chi connectivity index (χ4n) is 1.90. The highest BCUT2D eigenvalue weighted by Crippen LogP contribution is 2.14. The Bertz CT molecular complexity index is 681. The standard InChI is InChI=1S/C18H20N2O3/c1-13-5-4-6-17(11-13)23-14(2)18(21)20-19-12-15-7-9-16(22-3)10-8-15/h4-12,14H,1-3H3,(H,20,21)/b19-12-/t14-/m1/s1. The number of hydrazone groups is 1. The molecule has 1 amide bonds. The van der Waals surface area contributed by atoms with Gasteiger partial charge in [-0.2, -0.15) is 5.10 Å². The zero-order valence-corrected chi connectivity index (χ0v) is 13.4. The van der Waals surface area contributed by atoms with Crippen molar-refractivity contribution >= 4 is 12.1 Å². The summed E-state index contributed by atoms with van der Waals surface area (Å²) in [6.07, 6.45) is 0.932. The van der Waals surface area contributed by atoms with Gasteiger partial charge in [0.05, 0.1) is 13.3 Å². The van der Waals surface area contributed by atoms with Crippen molar-refractivity contribution < 1.29 is 14.3 Å². The van der Waals surface area contributed by atoms with Crippen LogP contribution in [0.1, 0.15) is 18.1 Å². The maximum Gasteiger partial charge on any atom is 0.280 e. The molecular formula is C18H20N2O3. The SMILES string of the molecule is COc1ccc(/C=N\NC(=O)[C@@H](C)Oc2cccc(C)c2)cc1. The van der Waals surface area contributed by atoms with Crippen LogP contribution in [-0.2, 0) is 4.79 Å². The van der Waals surface area contributed by atoms with E-state index in [1.54, 1.807) is 20.2 Å². The number of aryl methyl sites for hydroxylation is 1. The van der Waals surface area contributed by atoms with Gasteiger partial charge < -0.3 is 9.47 Å². The maximum atomic E-state index is 12.0. The molecule has 2 rings (SSSR count). The van der Waals surface area contributed by atoms with Gasteiger partial charge in [-0.15, -0.1) is 0 Å². The number of methoxy groups -OCH3 is 1. The molecule has 0 spiro atoms. The zero-order valence-electron chi connectivity index (χ0n) is 13.4. The van der Waals surface area contributed by atoms with Crippen LogP contribution in [0.5, 0.6) is 11.5 Å². The first-order valence-corrected chi connectivity index (χ1v) is 7.29. The predicted octanol–water partition coefficient (Wildman–Crippen LogP) is 2.92. The molecule has 0 radical (unpaired) electrons. The molecule has 0 saturated heterocycles. The molecule has 0 bridgehead atoms. The second-order valence-electron chi connectivity index (χ2n) is 5.08. The van der Waals surface area contributed by atoms with E-state index in [0.29, 0.717) is 5.75 Å². The van der Waals surface area contributed by atoms with Crippen molar-refractivity contribution in [2.24, 2.45) is 5.10 Å². The summed E-state index contributed by atoms with van der Waals surface area (Å²) in [7, 11) is 1.61. The lowest BCUT2D eigenvalue weighted by molar-refractivity contribution is -0.127. The minimum Gasteiger partial charge on any atom is -0.497 e. The summed E-state index contributed by atoms with van der Waals surface area (Å²) >= 11 is 0. The molecule has 0 unspecified atom stereocenters. The maximum absolute atomic E-state index is 12.0. The highest BCUT2D eigenvalue weighted by molar-refractivity contribution is 5.84. The van der Waals surface area contributed by atoms with Gasteiger partial charge in [-0.1, -0.05) is 12.1 Å². The topological polar surface area (TPSA) is 59.9 Å². The third-order valence-corrected chi connectivity index (χ3v) is 3.18. The van der Waals surface area contributed by atoms with Gasteiger partial charge in [0, 0.05) is 0 Å². The molecule has 0 fully saturated rings. The highest BCUT2D eigenvalue weighted by atomic mass is 16.5. The molecule has 120 valence electrons. The van der Waals surface area contributed by atoms with Crippen LogP contribution in [0.15, 0.2) is 53.6 Å².